The number of aromatic nitrogens is 2. The molecule has 29 heavy (non-hydrogen) atoms. The lowest BCUT2D eigenvalue weighted by Gasteiger charge is -2.30. The average Bonchev–Trinajstić information content (AvgIpc) is 2.78. The Morgan fingerprint density at radius 1 is 1.00 bits per heavy atom. The van der Waals surface area contributed by atoms with Crippen molar-refractivity contribution in [3.05, 3.63) is 78.0 Å². The van der Waals surface area contributed by atoms with Crippen molar-refractivity contribution in [3.8, 4) is 11.3 Å². The van der Waals surface area contributed by atoms with E-state index >= 15 is 0 Å². The quantitative estimate of drug-likeness (QED) is 0.472. The Balaban J connectivity index is 1.66. The molecule has 1 aliphatic rings. The van der Waals surface area contributed by atoms with Gasteiger partial charge in [-0.25, -0.2) is 9.97 Å². The Bertz CT molecular complexity index is 960. The first-order valence-electron chi connectivity index (χ1n) is 9.70. The number of amides is 1. The maximum Gasteiger partial charge on any atom is 0.240 e. The zero-order valence-corrected chi connectivity index (χ0v) is 17.1. The second-order valence-corrected chi connectivity index (χ2v) is 7.96. The van der Waals surface area contributed by atoms with Crippen molar-refractivity contribution in [2.75, 3.05) is 26.3 Å². The highest BCUT2D eigenvalue weighted by Crippen LogP contribution is 2.36. The van der Waals surface area contributed by atoms with Crippen LogP contribution in [0.2, 0.25) is 0 Å². The van der Waals surface area contributed by atoms with Gasteiger partial charge in [-0.1, -0.05) is 72.4 Å². The largest absolute Gasteiger partial charge is 0.378 e. The smallest absolute Gasteiger partial charge is 0.240 e. The highest BCUT2D eigenvalue weighted by Gasteiger charge is 2.29. The van der Waals surface area contributed by atoms with Crippen LogP contribution in [0, 0.1) is 6.92 Å². The number of thioether (sulfide) groups is 1. The first kappa shape index (κ1) is 19.6. The zero-order valence-electron chi connectivity index (χ0n) is 16.3. The summed E-state index contributed by atoms with van der Waals surface area (Å²) in [6, 6.07) is 21.9. The molecule has 0 unspecified atom stereocenters. The summed E-state index contributed by atoms with van der Waals surface area (Å²) in [6.07, 6.45) is 0. The molecule has 2 heterocycles. The third-order valence-electron chi connectivity index (χ3n) is 4.78. The average molecular weight is 406 g/mol. The van der Waals surface area contributed by atoms with E-state index in [0.29, 0.717) is 31.5 Å². The Morgan fingerprint density at radius 2 is 1.66 bits per heavy atom. The van der Waals surface area contributed by atoms with Crippen molar-refractivity contribution in [1.29, 1.82) is 0 Å². The van der Waals surface area contributed by atoms with Crippen LogP contribution in [-0.4, -0.2) is 47.1 Å². The first-order valence-corrected chi connectivity index (χ1v) is 10.6. The number of aryl methyl sites for hydroxylation is 1. The predicted octanol–water partition coefficient (Wildman–Crippen LogP) is 4.14. The number of morpholine rings is 1. The van der Waals surface area contributed by atoms with Gasteiger partial charge in [-0.15, -0.1) is 0 Å². The fraction of sp³-hybridized carbons (Fsp3) is 0.261. The van der Waals surface area contributed by atoms with E-state index in [1.54, 1.807) is 0 Å². The van der Waals surface area contributed by atoms with Crippen molar-refractivity contribution in [1.82, 2.24) is 14.9 Å². The predicted molar refractivity (Wildman–Crippen MR) is 115 cm³/mol. The van der Waals surface area contributed by atoms with Gasteiger partial charge in [-0.2, -0.15) is 0 Å². The van der Waals surface area contributed by atoms with E-state index in [1.165, 1.54) is 11.8 Å². The van der Waals surface area contributed by atoms with Crippen LogP contribution in [0.15, 0.2) is 71.9 Å². The number of hydrogen-bond donors (Lipinski definition) is 0. The first-order chi connectivity index (χ1) is 14.2. The molecule has 0 radical (unpaired) electrons. The molecule has 5 nitrogen and oxygen atoms in total. The maximum atomic E-state index is 13.3. The van der Waals surface area contributed by atoms with Crippen molar-refractivity contribution in [2.24, 2.45) is 0 Å². The molecule has 1 atom stereocenters. The number of nitrogens with zero attached hydrogens (tertiary/aromatic N) is 3. The normalized spacial score (nSPS) is 15.1. The molecule has 3 aromatic rings. The molecule has 1 aliphatic heterocycles. The van der Waals surface area contributed by atoms with Gasteiger partial charge in [0.2, 0.25) is 5.91 Å². The number of carbonyl (C=O) groups excluding carboxylic acids is 1. The zero-order chi connectivity index (χ0) is 20.1. The monoisotopic (exact) mass is 405 g/mol. The molecule has 0 aliphatic carbocycles. The van der Waals surface area contributed by atoms with E-state index in [-0.39, 0.29) is 11.2 Å². The van der Waals surface area contributed by atoms with Gasteiger partial charge in [-0.05, 0) is 18.6 Å². The van der Waals surface area contributed by atoms with Crippen LogP contribution in [0.25, 0.3) is 11.3 Å². The lowest BCUT2D eigenvalue weighted by molar-refractivity contribution is -0.134. The molecule has 1 amide bonds. The number of benzene rings is 2. The number of rotatable bonds is 5. The van der Waals surface area contributed by atoms with E-state index in [1.807, 2.05) is 78.6 Å². The summed E-state index contributed by atoms with van der Waals surface area (Å²) >= 11 is 1.41. The molecular weight excluding hydrogens is 382 g/mol. The molecular formula is C23H23N3O2S. The van der Waals surface area contributed by atoms with Crippen molar-refractivity contribution in [3.63, 3.8) is 0 Å². The minimum Gasteiger partial charge on any atom is -0.378 e. The van der Waals surface area contributed by atoms with Crippen LogP contribution in [0.5, 0.6) is 0 Å². The van der Waals surface area contributed by atoms with E-state index < -0.39 is 0 Å². The molecule has 0 saturated carbocycles. The maximum absolute atomic E-state index is 13.3. The summed E-state index contributed by atoms with van der Waals surface area (Å²) in [5.74, 6) is 0.0795. The van der Waals surface area contributed by atoms with Crippen LogP contribution < -0.4 is 0 Å². The lowest BCUT2D eigenvalue weighted by Crippen LogP contribution is -2.42. The fourth-order valence-electron chi connectivity index (χ4n) is 3.29. The second-order valence-electron chi connectivity index (χ2n) is 6.89. The highest BCUT2D eigenvalue weighted by atomic mass is 32.2. The van der Waals surface area contributed by atoms with Gasteiger partial charge >= 0.3 is 0 Å². The van der Waals surface area contributed by atoms with Crippen LogP contribution in [0.4, 0.5) is 0 Å². The minimum atomic E-state index is -0.389. The second kappa shape index (κ2) is 9.20. The number of hydrogen-bond acceptors (Lipinski definition) is 5. The third kappa shape index (κ3) is 4.83. The van der Waals surface area contributed by atoms with E-state index in [2.05, 4.69) is 4.98 Å². The molecule has 1 fully saturated rings. The lowest BCUT2D eigenvalue weighted by atomic mass is 10.1. The molecule has 6 heteroatoms. The summed E-state index contributed by atoms with van der Waals surface area (Å²) in [6.45, 7) is 4.35. The number of carbonyl (C=O) groups is 1. The summed E-state index contributed by atoms with van der Waals surface area (Å²) in [4.78, 5) is 24.6. The molecule has 4 rings (SSSR count). The van der Waals surface area contributed by atoms with E-state index in [9.17, 15) is 4.79 Å². The molecule has 2 aromatic carbocycles. The standard InChI is InChI=1S/C23H23N3O2S/c1-17-16-20(18-8-4-2-5-9-18)25-23(24-17)29-21(19-10-6-3-7-11-19)22(27)26-12-14-28-15-13-26/h2-11,16,21H,12-15H2,1H3/t21-/m0/s1. The Kier molecular flexibility index (Phi) is 6.22. The Hall–Kier alpha value is -2.70. The van der Waals surface area contributed by atoms with Gasteiger partial charge in [0.05, 0.1) is 18.9 Å². The molecule has 0 N–H and O–H groups in total. The molecule has 1 aromatic heterocycles. The van der Waals surface area contributed by atoms with Crippen molar-refractivity contribution >= 4 is 17.7 Å². The molecule has 1 saturated heterocycles. The van der Waals surface area contributed by atoms with Gasteiger partial charge in [-0.3, -0.25) is 4.79 Å². The van der Waals surface area contributed by atoms with Gasteiger partial charge in [0.1, 0.15) is 5.25 Å². The summed E-state index contributed by atoms with van der Waals surface area (Å²) in [5.41, 5.74) is 3.74. The topological polar surface area (TPSA) is 55.3 Å². The van der Waals surface area contributed by atoms with Crippen LogP contribution >= 0.6 is 11.8 Å². The molecule has 148 valence electrons. The number of ether oxygens (including phenoxy) is 1. The van der Waals surface area contributed by atoms with Gasteiger partial charge in [0, 0.05) is 24.3 Å². The Labute approximate surface area is 175 Å². The summed E-state index contributed by atoms with van der Waals surface area (Å²) in [5, 5.41) is 0.221. The fourth-order valence-corrected chi connectivity index (χ4v) is 4.40. The van der Waals surface area contributed by atoms with Gasteiger partial charge < -0.3 is 9.64 Å². The van der Waals surface area contributed by atoms with Gasteiger partial charge in [0.15, 0.2) is 5.16 Å². The summed E-state index contributed by atoms with van der Waals surface area (Å²) in [7, 11) is 0. The summed E-state index contributed by atoms with van der Waals surface area (Å²) < 4.78 is 5.41. The molecule has 0 spiro atoms. The SMILES string of the molecule is Cc1cc(-c2ccccc2)nc(S[C@H](C(=O)N2CCOCC2)c2ccccc2)n1. The van der Waals surface area contributed by atoms with E-state index in [4.69, 9.17) is 9.72 Å². The highest BCUT2D eigenvalue weighted by molar-refractivity contribution is 8.00. The Morgan fingerprint density at radius 3 is 2.34 bits per heavy atom. The molecule has 0 bridgehead atoms. The van der Waals surface area contributed by atoms with Crippen molar-refractivity contribution in [2.45, 2.75) is 17.3 Å². The van der Waals surface area contributed by atoms with Crippen molar-refractivity contribution < 1.29 is 9.53 Å². The van der Waals surface area contributed by atoms with E-state index in [0.717, 1.165) is 22.5 Å². The van der Waals surface area contributed by atoms with Crippen LogP contribution in [0.1, 0.15) is 16.5 Å². The van der Waals surface area contributed by atoms with Gasteiger partial charge in [0.25, 0.3) is 0 Å². The minimum absolute atomic E-state index is 0.0795. The van der Waals surface area contributed by atoms with Crippen LogP contribution in [0.3, 0.4) is 0 Å². The third-order valence-corrected chi connectivity index (χ3v) is 5.88. The van der Waals surface area contributed by atoms with Crippen LogP contribution in [-0.2, 0) is 9.53 Å².